The smallest absolute Gasteiger partial charge is 0.305 e. The van der Waals surface area contributed by atoms with E-state index in [0.29, 0.717) is 0 Å². The Balaban J connectivity index is 2.90. The number of ether oxygens (including phenoxy) is 3. The van der Waals surface area contributed by atoms with Crippen LogP contribution >= 0.6 is 0 Å². The number of esters is 2. The van der Waals surface area contributed by atoms with Crippen LogP contribution in [0.3, 0.4) is 0 Å². The molecule has 1 rings (SSSR count). The molecule has 0 aromatic rings. The quantitative estimate of drug-likeness (QED) is 0.338. The lowest BCUT2D eigenvalue weighted by Gasteiger charge is -2.42. The number of rotatable bonds is 4. The summed E-state index contributed by atoms with van der Waals surface area (Å²) in [7, 11) is 0. The number of carbonyl (C=O) groups excluding carboxylic acids is 2. The van der Waals surface area contributed by atoms with Crippen LogP contribution in [0.2, 0.25) is 0 Å². The number of hydrogen-bond donors (Lipinski definition) is 0. The molecule has 1 aliphatic heterocycles. The van der Waals surface area contributed by atoms with Crippen LogP contribution in [-0.2, 0) is 23.8 Å². The lowest BCUT2D eigenvalue weighted by atomic mass is 9.83. The van der Waals surface area contributed by atoms with Crippen molar-refractivity contribution in [1.82, 2.24) is 0 Å². The Kier molecular flexibility index (Phi) is 5.79. The zero-order valence-corrected chi connectivity index (χ0v) is 12.0. The van der Waals surface area contributed by atoms with Gasteiger partial charge in [-0.25, -0.2) is 0 Å². The third kappa shape index (κ3) is 4.11. The molecule has 2 unspecified atom stereocenters. The molecule has 0 bridgehead atoms. The Labute approximate surface area is 117 Å². The van der Waals surface area contributed by atoms with Crippen LogP contribution in [0.25, 0.3) is 10.4 Å². The molecule has 0 aromatic carbocycles. The van der Waals surface area contributed by atoms with E-state index in [2.05, 4.69) is 10.0 Å². The first-order valence-electron chi connectivity index (χ1n) is 6.37. The molecule has 0 saturated carbocycles. The van der Waals surface area contributed by atoms with Crippen molar-refractivity contribution in [2.24, 2.45) is 17.0 Å². The van der Waals surface area contributed by atoms with Crippen LogP contribution in [-0.4, -0.2) is 37.0 Å². The van der Waals surface area contributed by atoms with E-state index in [1.807, 2.05) is 13.8 Å². The van der Waals surface area contributed by atoms with Crippen molar-refractivity contribution in [3.63, 3.8) is 0 Å². The van der Waals surface area contributed by atoms with Crippen LogP contribution < -0.4 is 0 Å². The molecule has 0 N–H and O–H groups in total. The Morgan fingerprint density at radius 2 is 1.80 bits per heavy atom. The van der Waals surface area contributed by atoms with Crippen molar-refractivity contribution >= 4 is 11.9 Å². The summed E-state index contributed by atoms with van der Waals surface area (Å²) >= 11 is 0. The van der Waals surface area contributed by atoms with Gasteiger partial charge in [0.25, 0.3) is 0 Å². The van der Waals surface area contributed by atoms with Gasteiger partial charge in [-0.2, -0.15) is 0 Å². The summed E-state index contributed by atoms with van der Waals surface area (Å²) in [6.45, 7) is 6.45. The zero-order chi connectivity index (χ0) is 15.3. The lowest BCUT2D eigenvalue weighted by molar-refractivity contribution is -0.264. The molecule has 0 aliphatic carbocycles. The maximum absolute atomic E-state index is 11.2. The van der Waals surface area contributed by atoms with Gasteiger partial charge in [-0.15, -0.1) is 0 Å². The monoisotopic (exact) mass is 285 g/mol. The molecule has 0 radical (unpaired) electrons. The van der Waals surface area contributed by atoms with E-state index in [1.54, 1.807) is 0 Å². The van der Waals surface area contributed by atoms with Crippen LogP contribution in [0.1, 0.15) is 27.7 Å². The van der Waals surface area contributed by atoms with E-state index in [1.165, 1.54) is 13.8 Å². The predicted octanol–water partition coefficient (Wildman–Crippen LogP) is 1.79. The first kappa shape index (κ1) is 16.3. The maximum atomic E-state index is 11.2. The van der Waals surface area contributed by atoms with Crippen LogP contribution in [0, 0.1) is 11.8 Å². The third-order valence-corrected chi connectivity index (χ3v) is 3.42. The maximum Gasteiger partial charge on any atom is 0.305 e. The SMILES string of the molecule is CC(=O)OC1[C@H](OC(C)=O)OC(CN=[N+]=[N-])[C@H](C)[C@@H]1C. The van der Waals surface area contributed by atoms with Gasteiger partial charge < -0.3 is 14.2 Å². The van der Waals surface area contributed by atoms with Gasteiger partial charge >= 0.3 is 11.9 Å². The minimum atomic E-state index is -0.985. The van der Waals surface area contributed by atoms with E-state index in [9.17, 15) is 9.59 Å². The average Bonchev–Trinajstić information content (AvgIpc) is 2.35. The van der Waals surface area contributed by atoms with E-state index >= 15 is 0 Å². The summed E-state index contributed by atoms with van der Waals surface area (Å²) in [5.74, 6) is -1.12. The van der Waals surface area contributed by atoms with Gasteiger partial charge in [-0.1, -0.05) is 19.0 Å². The van der Waals surface area contributed by atoms with E-state index in [-0.39, 0.29) is 18.4 Å². The molecule has 0 amide bonds. The van der Waals surface area contributed by atoms with Gasteiger partial charge in [0.05, 0.1) is 12.6 Å². The van der Waals surface area contributed by atoms with Gasteiger partial charge in [0, 0.05) is 24.7 Å². The van der Waals surface area contributed by atoms with Gasteiger partial charge in [0.2, 0.25) is 6.29 Å². The van der Waals surface area contributed by atoms with Crippen molar-refractivity contribution in [3.05, 3.63) is 10.4 Å². The Morgan fingerprint density at radius 3 is 2.30 bits per heavy atom. The molecule has 1 saturated heterocycles. The minimum Gasteiger partial charge on any atom is -0.456 e. The highest BCUT2D eigenvalue weighted by atomic mass is 16.7. The number of hydrogen-bond acceptors (Lipinski definition) is 6. The highest BCUT2D eigenvalue weighted by molar-refractivity contribution is 5.67. The molecule has 0 spiro atoms. The highest BCUT2D eigenvalue weighted by Gasteiger charge is 2.44. The fourth-order valence-corrected chi connectivity index (χ4v) is 2.20. The second kappa shape index (κ2) is 7.12. The van der Waals surface area contributed by atoms with Crippen molar-refractivity contribution in [2.75, 3.05) is 6.54 Å². The first-order chi connectivity index (χ1) is 9.36. The summed E-state index contributed by atoms with van der Waals surface area (Å²) in [6.07, 6.45) is -2.05. The molecule has 8 heteroatoms. The zero-order valence-electron chi connectivity index (χ0n) is 12.0. The van der Waals surface area contributed by atoms with Gasteiger partial charge in [-0.05, 0) is 11.4 Å². The van der Waals surface area contributed by atoms with Crippen LogP contribution in [0.15, 0.2) is 5.11 Å². The minimum absolute atomic E-state index is 0.0170. The third-order valence-electron chi connectivity index (χ3n) is 3.42. The van der Waals surface area contributed by atoms with Gasteiger partial charge in [-0.3, -0.25) is 9.59 Å². The predicted molar refractivity (Wildman–Crippen MR) is 68.3 cm³/mol. The number of nitrogens with zero attached hydrogens (tertiary/aromatic N) is 3. The van der Waals surface area contributed by atoms with Crippen LogP contribution in [0.4, 0.5) is 0 Å². The molecule has 8 nitrogen and oxygen atoms in total. The molecule has 112 valence electrons. The normalized spacial score (nSPS) is 32.9. The second-order valence-electron chi connectivity index (χ2n) is 4.86. The van der Waals surface area contributed by atoms with Crippen molar-refractivity contribution < 1.29 is 23.8 Å². The molecule has 5 atom stereocenters. The summed E-state index contributed by atoms with van der Waals surface area (Å²) in [4.78, 5) is 25.0. The first-order valence-corrected chi connectivity index (χ1v) is 6.37. The fourth-order valence-electron chi connectivity index (χ4n) is 2.20. The fraction of sp³-hybridized carbons (Fsp3) is 0.833. The summed E-state index contributed by atoms with van der Waals surface area (Å²) < 4.78 is 15.9. The van der Waals surface area contributed by atoms with Crippen molar-refractivity contribution in [1.29, 1.82) is 0 Å². The van der Waals surface area contributed by atoms with Crippen molar-refractivity contribution in [2.45, 2.75) is 46.2 Å². The molecule has 0 aromatic heterocycles. The Morgan fingerprint density at radius 1 is 1.20 bits per heavy atom. The Bertz CT molecular complexity index is 421. The second-order valence-corrected chi connectivity index (χ2v) is 4.86. The van der Waals surface area contributed by atoms with E-state index in [0.717, 1.165) is 0 Å². The molecule has 1 fully saturated rings. The molecule has 1 heterocycles. The average molecular weight is 285 g/mol. The van der Waals surface area contributed by atoms with E-state index < -0.39 is 30.4 Å². The largest absolute Gasteiger partial charge is 0.456 e. The van der Waals surface area contributed by atoms with Gasteiger partial charge in [0.15, 0.2) is 6.10 Å². The van der Waals surface area contributed by atoms with E-state index in [4.69, 9.17) is 19.7 Å². The summed E-state index contributed by atoms with van der Waals surface area (Å²) in [6, 6.07) is 0. The Hall–Kier alpha value is -1.79. The molecule has 1 aliphatic rings. The highest BCUT2D eigenvalue weighted by Crippen LogP contribution is 2.33. The standard InChI is InChI=1S/C12H19N3O5/c1-6-7(2)11(18-8(3)16)12(19-9(4)17)20-10(6)5-14-15-13/h6-7,10-12H,5H2,1-4H3/t6-,7+,10?,11?,12-/m1/s1. The molecule has 20 heavy (non-hydrogen) atoms. The van der Waals surface area contributed by atoms with Gasteiger partial charge in [0.1, 0.15) is 0 Å². The summed E-state index contributed by atoms with van der Waals surface area (Å²) in [5.41, 5.74) is 8.38. The lowest BCUT2D eigenvalue weighted by Crippen LogP contribution is -2.53. The van der Waals surface area contributed by atoms with Crippen molar-refractivity contribution in [3.8, 4) is 0 Å². The molecular formula is C12H19N3O5. The molecular weight excluding hydrogens is 266 g/mol. The number of carbonyl (C=O) groups is 2. The topological polar surface area (TPSA) is 111 Å². The number of azide groups is 1. The summed E-state index contributed by atoms with van der Waals surface area (Å²) in [5, 5.41) is 3.49. The van der Waals surface area contributed by atoms with Crippen LogP contribution in [0.5, 0.6) is 0 Å².